The molecule has 4 nitrogen and oxygen atoms in total. The van der Waals surface area contributed by atoms with Gasteiger partial charge in [-0.3, -0.25) is 4.79 Å². The number of ether oxygens (including phenoxy) is 1. The minimum atomic E-state index is -0.445. The van der Waals surface area contributed by atoms with E-state index in [1.165, 1.54) is 4.88 Å². The zero-order chi connectivity index (χ0) is 21.1. The number of nitrogens with zero attached hydrogens (tertiary/aromatic N) is 1. The highest BCUT2D eigenvalue weighted by molar-refractivity contribution is 7.09. The Kier molecular flexibility index (Phi) is 6.38. The molecular formula is C24H27NO3S. The third kappa shape index (κ3) is 4.67. The van der Waals surface area contributed by atoms with Crippen LogP contribution in [0.25, 0.3) is 0 Å². The molecule has 0 aliphatic heterocycles. The van der Waals surface area contributed by atoms with Crippen LogP contribution < -0.4 is 0 Å². The first kappa shape index (κ1) is 21.1. The highest BCUT2D eigenvalue weighted by atomic mass is 32.1. The maximum Gasteiger partial charge on any atom is 0.339 e. The van der Waals surface area contributed by atoms with Crippen molar-refractivity contribution >= 4 is 23.1 Å². The Balaban J connectivity index is 1.68. The summed E-state index contributed by atoms with van der Waals surface area (Å²) in [5.74, 6) is -0.615. The molecule has 0 saturated heterocycles. The predicted molar refractivity (Wildman–Crippen MR) is 117 cm³/mol. The van der Waals surface area contributed by atoms with Crippen molar-refractivity contribution in [2.24, 2.45) is 0 Å². The molecule has 0 spiro atoms. The lowest BCUT2D eigenvalue weighted by atomic mass is 10.00. The van der Waals surface area contributed by atoms with Crippen molar-refractivity contribution < 1.29 is 14.3 Å². The molecule has 0 amide bonds. The number of carbonyl (C=O) groups excluding carboxylic acids is 2. The largest absolute Gasteiger partial charge is 0.454 e. The molecule has 29 heavy (non-hydrogen) atoms. The Bertz CT molecular complexity index is 1020. The number of aromatic nitrogens is 1. The van der Waals surface area contributed by atoms with Crippen LogP contribution in [0.1, 0.15) is 53.7 Å². The maximum absolute atomic E-state index is 12.7. The third-order valence-electron chi connectivity index (χ3n) is 5.25. The van der Waals surface area contributed by atoms with Crippen molar-refractivity contribution in [1.29, 1.82) is 0 Å². The topological polar surface area (TPSA) is 48.3 Å². The fourth-order valence-electron chi connectivity index (χ4n) is 3.89. The van der Waals surface area contributed by atoms with E-state index >= 15 is 0 Å². The predicted octanol–water partition coefficient (Wildman–Crippen LogP) is 5.37. The number of Topliss-reactive ketones (excluding diaryl/α,β-unsaturated/α-hetero) is 1. The SMILES string of the molecule is Cc1cc(C)c(C(=O)OCC(=O)c2cc(C)n(CCc3cccs3)c2C)c(C)c1. The zero-order valence-electron chi connectivity index (χ0n) is 17.7. The summed E-state index contributed by atoms with van der Waals surface area (Å²) in [6.07, 6.45) is 0.933. The fourth-order valence-corrected chi connectivity index (χ4v) is 4.59. The summed E-state index contributed by atoms with van der Waals surface area (Å²) in [4.78, 5) is 26.6. The summed E-state index contributed by atoms with van der Waals surface area (Å²) >= 11 is 1.74. The molecule has 2 heterocycles. The minimum absolute atomic E-state index is 0.170. The number of ketones is 1. The first-order chi connectivity index (χ1) is 13.8. The van der Waals surface area contributed by atoms with Gasteiger partial charge >= 0.3 is 5.97 Å². The highest BCUT2D eigenvalue weighted by Gasteiger charge is 2.19. The number of aryl methyl sites for hydroxylation is 5. The summed E-state index contributed by atoms with van der Waals surface area (Å²) in [7, 11) is 0. The summed E-state index contributed by atoms with van der Waals surface area (Å²) in [6.45, 7) is 10.3. The number of hydrogen-bond donors (Lipinski definition) is 0. The Morgan fingerprint density at radius 3 is 2.34 bits per heavy atom. The second-order valence-electron chi connectivity index (χ2n) is 7.54. The van der Waals surface area contributed by atoms with Crippen LogP contribution in [0.5, 0.6) is 0 Å². The van der Waals surface area contributed by atoms with E-state index < -0.39 is 5.97 Å². The minimum Gasteiger partial charge on any atom is -0.454 e. The van der Waals surface area contributed by atoms with E-state index in [-0.39, 0.29) is 12.4 Å². The Morgan fingerprint density at radius 2 is 1.72 bits per heavy atom. The molecular weight excluding hydrogens is 382 g/mol. The lowest BCUT2D eigenvalue weighted by Gasteiger charge is -2.11. The lowest BCUT2D eigenvalue weighted by molar-refractivity contribution is 0.0473. The smallest absolute Gasteiger partial charge is 0.339 e. The van der Waals surface area contributed by atoms with Gasteiger partial charge in [-0.15, -0.1) is 11.3 Å². The van der Waals surface area contributed by atoms with Crippen LogP contribution in [0.4, 0.5) is 0 Å². The number of hydrogen-bond acceptors (Lipinski definition) is 4. The number of benzene rings is 1. The van der Waals surface area contributed by atoms with Crippen LogP contribution in [0.2, 0.25) is 0 Å². The van der Waals surface area contributed by atoms with E-state index in [9.17, 15) is 9.59 Å². The second kappa shape index (κ2) is 8.78. The van der Waals surface area contributed by atoms with E-state index in [1.54, 1.807) is 11.3 Å². The number of thiophene rings is 1. The van der Waals surface area contributed by atoms with Crippen molar-refractivity contribution in [1.82, 2.24) is 4.57 Å². The van der Waals surface area contributed by atoms with Crippen LogP contribution in [0.15, 0.2) is 35.7 Å². The molecule has 3 aromatic rings. The van der Waals surface area contributed by atoms with Crippen molar-refractivity contribution in [2.45, 2.75) is 47.6 Å². The monoisotopic (exact) mass is 409 g/mol. The Morgan fingerprint density at radius 1 is 1.03 bits per heavy atom. The van der Waals surface area contributed by atoms with E-state index in [2.05, 4.69) is 22.1 Å². The fraction of sp³-hybridized carbons (Fsp3) is 0.333. The molecule has 0 fully saturated rings. The van der Waals surface area contributed by atoms with Gasteiger partial charge in [-0.05, 0) is 69.7 Å². The van der Waals surface area contributed by atoms with Crippen LogP contribution in [0.3, 0.4) is 0 Å². The molecule has 0 N–H and O–H groups in total. The highest BCUT2D eigenvalue weighted by Crippen LogP contribution is 2.20. The van der Waals surface area contributed by atoms with Gasteiger partial charge in [0.05, 0.1) is 5.56 Å². The van der Waals surface area contributed by atoms with Gasteiger partial charge in [0, 0.05) is 28.4 Å². The Labute approximate surface area is 176 Å². The molecule has 1 aromatic carbocycles. The summed E-state index contributed by atoms with van der Waals surface area (Å²) in [6, 6.07) is 9.97. The molecule has 3 rings (SSSR count). The van der Waals surface area contributed by atoms with Crippen molar-refractivity contribution in [3.05, 3.63) is 79.8 Å². The molecule has 0 unspecified atom stereocenters. The molecule has 0 saturated carbocycles. The third-order valence-corrected chi connectivity index (χ3v) is 6.19. The standard InChI is InChI=1S/C24H27NO3S/c1-15-11-16(2)23(17(3)12-15)24(27)28-14-22(26)21-13-18(4)25(19(21)5)9-8-20-7-6-10-29-20/h6-7,10-13H,8-9,14H2,1-5H3. The van der Waals surface area contributed by atoms with E-state index in [4.69, 9.17) is 4.74 Å². The van der Waals surface area contributed by atoms with Gasteiger partial charge in [0.1, 0.15) is 0 Å². The molecule has 5 heteroatoms. The average molecular weight is 410 g/mol. The van der Waals surface area contributed by atoms with Gasteiger partial charge in [-0.2, -0.15) is 0 Å². The lowest BCUT2D eigenvalue weighted by Crippen LogP contribution is -2.17. The summed E-state index contributed by atoms with van der Waals surface area (Å²) in [5, 5.41) is 2.07. The number of esters is 1. The summed E-state index contributed by atoms with van der Waals surface area (Å²) in [5.41, 5.74) is 5.96. The van der Waals surface area contributed by atoms with Crippen LogP contribution in [0, 0.1) is 34.6 Å². The van der Waals surface area contributed by atoms with Crippen LogP contribution in [-0.2, 0) is 17.7 Å². The maximum atomic E-state index is 12.7. The van der Waals surface area contributed by atoms with Gasteiger partial charge in [0.2, 0.25) is 5.78 Å². The first-order valence-corrected chi connectivity index (χ1v) is 10.6. The quantitative estimate of drug-likeness (QED) is 0.389. The van der Waals surface area contributed by atoms with Gasteiger partial charge < -0.3 is 9.30 Å². The first-order valence-electron chi connectivity index (χ1n) is 9.75. The van der Waals surface area contributed by atoms with E-state index in [0.717, 1.165) is 41.0 Å². The number of rotatable bonds is 7. The van der Waals surface area contributed by atoms with Gasteiger partial charge in [-0.1, -0.05) is 23.8 Å². The molecule has 152 valence electrons. The molecule has 0 aliphatic rings. The van der Waals surface area contributed by atoms with Crippen molar-refractivity contribution in [3.63, 3.8) is 0 Å². The second-order valence-corrected chi connectivity index (χ2v) is 8.57. The molecule has 0 radical (unpaired) electrons. The van der Waals surface area contributed by atoms with Gasteiger partial charge in [-0.25, -0.2) is 4.79 Å². The summed E-state index contributed by atoms with van der Waals surface area (Å²) < 4.78 is 7.53. The zero-order valence-corrected chi connectivity index (χ0v) is 18.5. The van der Waals surface area contributed by atoms with Crippen LogP contribution in [-0.4, -0.2) is 22.9 Å². The Hall–Kier alpha value is -2.66. The van der Waals surface area contributed by atoms with E-state index in [0.29, 0.717) is 11.1 Å². The van der Waals surface area contributed by atoms with Gasteiger partial charge in [0.15, 0.2) is 6.61 Å². The molecule has 0 bridgehead atoms. The normalized spacial score (nSPS) is 10.9. The molecule has 2 aromatic heterocycles. The van der Waals surface area contributed by atoms with Gasteiger partial charge in [0.25, 0.3) is 0 Å². The average Bonchev–Trinajstić information content (AvgIpc) is 3.25. The van der Waals surface area contributed by atoms with E-state index in [1.807, 2.05) is 52.8 Å². The molecule has 0 atom stereocenters. The molecule has 0 aliphatic carbocycles. The van der Waals surface area contributed by atoms with Crippen molar-refractivity contribution in [2.75, 3.05) is 6.61 Å². The van der Waals surface area contributed by atoms with Crippen molar-refractivity contribution in [3.8, 4) is 0 Å². The van der Waals surface area contributed by atoms with Crippen LogP contribution >= 0.6 is 11.3 Å². The number of carbonyl (C=O) groups is 2.